The topological polar surface area (TPSA) is 57.7 Å². The number of carbonyl (C=O) groups is 1. The maximum atomic E-state index is 13.9. The van der Waals surface area contributed by atoms with E-state index in [4.69, 9.17) is 0 Å². The van der Waals surface area contributed by atoms with Gasteiger partial charge in [-0.3, -0.25) is 4.79 Å². The Morgan fingerprint density at radius 1 is 1.08 bits per heavy atom. The van der Waals surface area contributed by atoms with Crippen LogP contribution in [0.3, 0.4) is 0 Å². The number of sulfonamides is 1. The molecule has 1 aromatic rings. The lowest BCUT2D eigenvalue weighted by molar-refractivity contribution is -0.143. The molecule has 24 heavy (non-hydrogen) atoms. The van der Waals surface area contributed by atoms with Crippen molar-refractivity contribution in [1.82, 2.24) is 9.21 Å². The lowest BCUT2D eigenvalue weighted by Gasteiger charge is -2.37. The molecule has 0 aromatic heterocycles. The standard InChI is InChI=1S/C15H17F3N2O3S/c1-19-7-2-5-15(14(19)21)6-8-20(9-15)24(22,23)11-4-3-10(16)12(17)13(11)18/h3-4H,2,5-9H2,1H3/t15-/m0/s1. The minimum absolute atomic E-state index is 0.0420. The van der Waals surface area contributed by atoms with E-state index < -0.39 is 37.8 Å². The summed E-state index contributed by atoms with van der Waals surface area (Å²) in [5, 5.41) is 0. The number of hydrogen-bond donors (Lipinski definition) is 0. The second-order valence-corrected chi connectivity index (χ2v) is 8.28. The van der Waals surface area contributed by atoms with E-state index in [1.165, 1.54) is 0 Å². The lowest BCUT2D eigenvalue weighted by Crippen LogP contribution is -2.48. The van der Waals surface area contributed by atoms with Gasteiger partial charge in [-0.05, 0) is 31.4 Å². The van der Waals surface area contributed by atoms with Crippen LogP contribution in [0.5, 0.6) is 0 Å². The van der Waals surface area contributed by atoms with Crippen molar-refractivity contribution in [2.75, 3.05) is 26.7 Å². The van der Waals surface area contributed by atoms with Crippen LogP contribution in [-0.2, 0) is 14.8 Å². The summed E-state index contributed by atoms with van der Waals surface area (Å²) in [5.41, 5.74) is -0.810. The molecule has 0 N–H and O–H groups in total. The van der Waals surface area contributed by atoms with Crippen LogP contribution >= 0.6 is 0 Å². The van der Waals surface area contributed by atoms with Crippen molar-refractivity contribution in [2.24, 2.45) is 5.41 Å². The molecule has 0 aliphatic carbocycles. The van der Waals surface area contributed by atoms with Gasteiger partial charge < -0.3 is 4.90 Å². The van der Waals surface area contributed by atoms with E-state index in [1.807, 2.05) is 0 Å². The summed E-state index contributed by atoms with van der Waals surface area (Å²) in [7, 11) is -2.68. The average Bonchev–Trinajstić information content (AvgIpc) is 2.96. The van der Waals surface area contributed by atoms with Gasteiger partial charge in [0.25, 0.3) is 0 Å². The molecule has 1 atom stereocenters. The Kier molecular flexibility index (Phi) is 4.11. The maximum Gasteiger partial charge on any atom is 0.246 e. The Labute approximate surface area is 138 Å². The first kappa shape index (κ1) is 17.2. The predicted molar refractivity (Wildman–Crippen MR) is 79.0 cm³/mol. The molecule has 0 bridgehead atoms. The summed E-state index contributed by atoms with van der Waals surface area (Å²) < 4.78 is 66.5. The zero-order chi connectivity index (χ0) is 17.7. The molecule has 3 rings (SSSR count). The molecule has 1 aromatic carbocycles. The zero-order valence-corrected chi connectivity index (χ0v) is 13.9. The summed E-state index contributed by atoms with van der Waals surface area (Å²) in [6.07, 6.45) is 1.65. The molecule has 1 amide bonds. The van der Waals surface area contributed by atoms with E-state index in [0.29, 0.717) is 31.5 Å². The van der Waals surface area contributed by atoms with Gasteiger partial charge in [0.1, 0.15) is 4.90 Å². The SMILES string of the molecule is CN1CCC[C@@]2(CCN(S(=O)(=O)c3ccc(F)c(F)c3F)C2)C1=O. The van der Waals surface area contributed by atoms with Crippen molar-refractivity contribution in [3.05, 3.63) is 29.6 Å². The van der Waals surface area contributed by atoms with Crippen LogP contribution in [0.4, 0.5) is 13.2 Å². The molecule has 5 nitrogen and oxygen atoms in total. The summed E-state index contributed by atoms with van der Waals surface area (Å²) >= 11 is 0. The highest BCUT2D eigenvalue weighted by Crippen LogP contribution is 2.41. The molecular weight excluding hydrogens is 345 g/mol. The first-order valence-corrected chi connectivity index (χ1v) is 9.02. The Balaban J connectivity index is 1.93. The third-order valence-corrected chi connectivity index (χ3v) is 6.75. The largest absolute Gasteiger partial charge is 0.345 e. The van der Waals surface area contributed by atoms with Crippen molar-refractivity contribution < 1.29 is 26.4 Å². The number of likely N-dealkylation sites (tertiary alicyclic amines) is 1. The van der Waals surface area contributed by atoms with E-state index in [9.17, 15) is 26.4 Å². The molecule has 2 heterocycles. The molecule has 0 radical (unpaired) electrons. The Bertz CT molecular complexity index is 799. The molecule has 0 unspecified atom stereocenters. The van der Waals surface area contributed by atoms with Gasteiger partial charge in [0.15, 0.2) is 17.5 Å². The van der Waals surface area contributed by atoms with Gasteiger partial charge in [0.2, 0.25) is 15.9 Å². The Hall–Kier alpha value is -1.61. The number of carbonyl (C=O) groups excluding carboxylic acids is 1. The highest BCUT2D eigenvalue weighted by Gasteiger charge is 2.50. The van der Waals surface area contributed by atoms with Crippen molar-refractivity contribution in [2.45, 2.75) is 24.2 Å². The Morgan fingerprint density at radius 2 is 1.79 bits per heavy atom. The summed E-state index contributed by atoms with van der Waals surface area (Å²) in [4.78, 5) is 13.1. The van der Waals surface area contributed by atoms with Crippen molar-refractivity contribution in [3.8, 4) is 0 Å². The number of hydrogen-bond acceptors (Lipinski definition) is 3. The van der Waals surface area contributed by atoms with Crippen LogP contribution in [-0.4, -0.2) is 50.2 Å². The summed E-state index contributed by atoms with van der Waals surface area (Å²) in [6.45, 7) is 0.586. The van der Waals surface area contributed by atoms with Crippen LogP contribution < -0.4 is 0 Å². The number of piperidine rings is 1. The second kappa shape index (κ2) is 5.73. The fourth-order valence-electron chi connectivity index (χ4n) is 3.53. The first-order valence-electron chi connectivity index (χ1n) is 7.58. The van der Waals surface area contributed by atoms with Crippen molar-refractivity contribution in [1.29, 1.82) is 0 Å². The van der Waals surface area contributed by atoms with Crippen LogP contribution in [0.2, 0.25) is 0 Å². The Morgan fingerprint density at radius 3 is 2.50 bits per heavy atom. The minimum Gasteiger partial charge on any atom is -0.345 e. The molecule has 2 fully saturated rings. The molecule has 9 heteroatoms. The van der Waals surface area contributed by atoms with Gasteiger partial charge in [-0.15, -0.1) is 0 Å². The number of nitrogens with zero attached hydrogens (tertiary/aromatic N) is 2. The highest BCUT2D eigenvalue weighted by molar-refractivity contribution is 7.89. The smallest absolute Gasteiger partial charge is 0.246 e. The van der Waals surface area contributed by atoms with Gasteiger partial charge in [-0.2, -0.15) is 4.31 Å². The molecule has 0 saturated carbocycles. The van der Waals surface area contributed by atoms with Gasteiger partial charge in [-0.1, -0.05) is 0 Å². The van der Waals surface area contributed by atoms with Gasteiger partial charge in [0, 0.05) is 26.7 Å². The quantitative estimate of drug-likeness (QED) is 0.753. The summed E-state index contributed by atoms with van der Waals surface area (Å²) in [5.74, 6) is -5.13. The molecule has 1 spiro atoms. The van der Waals surface area contributed by atoms with E-state index in [0.717, 1.165) is 10.7 Å². The lowest BCUT2D eigenvalue weighted by atomic mass is 9.78. The number of rotatable bonds is 2. The minimum atomic E-state index is -4.34. The highest BCUT2D eigenvalue weighted by atomic mass is 32.2. The third kappa shape index (κ3) is 2.50. The third-order valence-electron chi connectivity index (χ3n) is 4.89. The predicted octanol–water partition coefficient (Wildman–Crippen LogP) is 1.74. The number of amides is 1. The van der Waals surface area contributed by atoms with E-state index in [-0.39, 0.29) is 19.0 Å². The number of benzene rings is 1. The average molecular weight is 362 g/mol. The molecular formula is C15H17F3N2O3S. The fourth-order valence-corrected chi connectivity index (χ4v) is 5.12. The molecule has 2 aliphatic heterocycles. The molecule has 2 saturated heterocycles. The van der Waals surface area contributed by atoms with Crippen LogP contribution in [0.25, 0.3) is 0 Å². The van der Waals surface area contributed by atoms with E-state index in [1.54, 1.807) is 11.9 Å². The molecule has 2 aliphatic rings. The van der Waals surface area contributed by atoms with Crippen LogP contribution in [0.15, 0.2) is 17.0 Å². The second-order valence-electron chi connectivity index (χ2n) is 6.37. The van der Waals surface area contributed by atoms with E-state index >= 15 is 0 Å². The fraction of sp³-hybridized carbons (Fsp3) is 0.533. The van der Waals surface area contributed by atoms with Gasteiger partial charge in [0.05, 0.1) is 5.41 Å². The van der Waals surface area contributed by atoms with Gasteiger partial charge in [-0.25, -0.2) is 21.6 Å². The van der Waals surface area contributed by atoms with E-state index in [2.05, 4.69) is 0 Å². The van der Waals surface area contributed by atoms with Crippen molar-refractivity contribution in [3.63, 3.8) is 0 Å². The molecule has 132 valence electrons. The zero-order valence-electron chi connectivity index (χ0n) is 13.1. The monoisotopic (exact) mass is 362 g/mol. The van der Waals surface area contributed by atoms with Crippen LogP contribution in [0.1, 0.15) is 19.3 Å². The summed E-state index contributed by atoms with van der Waals surface area (Å²) in [6, 6.07) is 1.29. The number of halogens is 3. The van der Waals surface area contributed by atoms with Crippen molar-refractivity contribution >= 4 is 15.9 Å². The van der Waals surface area contributed by atoms with Gasteiger partial charge >= 0.3 is 0 Å². The maximum absolute atomic E-state index is 13.9. The normalized spacial score (nSPS) is 25.7. The first-order chi connectivity index (χ1) is 11.2. The van der Waals surface area contributed by atoms with Crippen LogP contribution in [0, 0.1) is 22.9 Å².